The van der Waals surface area contributed by atoms with Crippen molar-refractivity contribution in [3.05, 3.63) is 59.2 Å². The predicted molar refractivity (Wildman–Crippen MR) is 72.1 cm³/mol. The minimum Gasteiger partial charge on any atom is -0.399 e. The van der Waals surface area contributed by atoms with E-state index in [0.717, 1.165) is 17.7 Å². The lowest BCUT2D eigenvalue weighted by molar-refractivity contribution is 0.564. The molecule has 0 saturated heterocycles. The van der Waals surface area contributed by atoms with Gasteiger partial charge in [-0.05, 0) is 42.8 Å². The molecule has 0 saturated carbocycles. The van der Waals surface area contributed by atoms with Crippen molar-refractivity contribution >= 4 is 16.5 Å². The fourth-order valence-corrected chi connectivity index (χ4v) is 3.14. The molecule has 2 aromatic rings. The minimum absolute atomic E-state index is 0.156. The highest BCUT2D eigenvalue weighted by molar-refractivity contribution is 7.84. The maximum atomic E-state index is 13.5. The Morgan fingerprint density at radius 2 is 1.79 bits per heavy atom. The quantitative estimate of drug-likeness (QED) is 0.878. The fraction of sp³-hybridized carbons (Fsp3) is 0.143. The molecular weight excluding hydrogens is 268 g/mol. The largest absolute Gasteiger partial charge is 0.399 e. The standard InChI is InChI=1S/C14H13F2NOS/c1-9-7-10(17)5-6-14(9)19(18)8-11-12(15)3-2-4-13(11)16/h2-7H,8,17H2,1H3. The molecule has 0 aromatic heterocycles. The SMILES string of the molecule is Cc1cc(N)ccc1S(=O)Cc1c(F)cccc1F. The Labute approximate surface area is 112 Å². The molecule has 0 radical (unpaired) electrons. The molecule has 5 heteroatoms. The zero-order valence-corrected chi connectivity index (χ0v) is 11.1. The number of nitrogens with two attached hydrogens (primary N) is 1. The Hall–Kier alpha value is -1.75. The molecule has 2 aromatic carbocycles. The number of hydrogen-bond acceptors (Lipinski definition) is 2. The summed E-state index contributed by atoms with van der Waals surface area (Å²) in [6.45, 7) is 1.77. The Balaban J connectivity index is 2.31. The summed E-state index contributed by atoms with van der Waals surface area (Å²) in [5, 5.41) is 0. The first-order chi connectivity index (χ1) is 8.99. The third-order valence-electron chi connectivity index (χ3n) is 2.78. The van der Waals surface area contributed by atoms with Crippen molar-refractivity contribution in [2.45, 2.75) is 17.6 Å². The summed E-state index contributed by atoms with van der Waals surface area (Å²) in [6, 6.07) is 8.53. The number of anilines is 1. The van der Waals surface area contributed by atoms with Crippen molar-refractivity contribution in [3.8, 4) is 0 Å². The molecule has 1 atom stereocenters. The molecule has 1 unspecified atom stereocenters. The van der Waals surface area contributed by atoms with Gasteiger partial charge in [0, 0.05) is 16.1 Å². The van der Waals surface area contributed by atoms with E-state index in [1.807, 2.05) is 0 Å². The summed E-state index contributed by atoms with van der Waals surface area (Å²) >= 11 is 0. The Morgan fingerprint density at radius 3 is 2.37 bits per heavy atom. The smallest absolute Gasteiger partial charge is 0.130 e. The number of hydrogen-bond donors (Lipinski definition) is 1. The third kappa shape index (κ3) is 2.98. The van der Waals surface area contributed by atoms with Crippen LogP contribution in [0.25, 0.3) is 0 Å². The van der Waals surface area contributed by atoms with E-state index < -0.39 is 22.4 Å². The van der Waals surface area contributed by atoms with Gasteiger partial charge in [-0.2, -0.15) is 0 Å². The normalized spacial score (nSPS) is 12.4. The number of halogens is 2. The minimum atomic E-state index is -1.51. The summed E-state index contributed by atoms with van der Waals surface area (Å²) in [5.41, 5.74) is 6.76. The maximum Gasteiger partial charge on any atom is 0.130 e. The van der Waals surface area contributed by atoms with Crippen LogP contribution in [0.15, 0.2) is 41.3 Å². The van der Waals surface area contributed by atoms with Crippen molar-refractivity contribution < 1.29 is 13.0 Å². The summed E-state index contributed by atoms with van der Waals surface area (Å²) in [7, 11) is -1.51. The summed E-state index contributed by atoms with van der Waals surface area (Å²) in [6.07, 6.45) is 0. The second kappa shape index (κ2) is 5.48. The third-order valence-corrected chi connectivity index (χ3v) is 4.28. The van der Waals surface area contributed by atoms with Crippen LogP contribution in [0.5, 0.6) is 0 Å². The van der Waals surface area contributed by atoms with E-state index in [2.05, 4.69) is 0 Å². The summed E-state index contributed by atoms with van der Waals surface area (Å²) in [4.78, 5) is 0.539. The summed E-state index contributed by atoms with van der Waals surface area (Å²) in [5.74, 6) is -1.55. The molecule has 0 bridgehead atoms. The van der Waals surface area contributed by atoms with E-state index >= 15 is 0 Å². The fourth-order valence-electron chi connectivity index (χ4n) is 1.81. The van der Waals surface area contributed by atoms with E-state index in [0.29, 0.717) is 10.6 Å². The second-order valence-electron chi connectivity index (χ2n) is 4.22. The zero-order valence-electron chi connectivity index (χ0n) is 10.3. The van der Waals surface area contributed by atoms with Crippen LogP contribution in [-0.2, 0) is 16.6 Å². The van der Waals surface area contributed by atoms with Gasteiger partial charge in [0.1, 0.15) is 11.6 Å². The van der Waals surface area contributed by atoms with Gasteiger partial charge in [0.2, 0.25) is 0 Å². The number of rotatable bonds is 3. The van der Waals surface area contributed by atoms with Gasteiger partial charge in [-0.15, -0.1) is 0 Å². The van der Waals surface area contributed by atoms with Gasteiger partial charge in [-0.1, -0.05) is 6.07 Å². The molecule has 0 aliphatic carbocycles. The lowest BCUT2D eigenvalue weighted by Gasteiger charge is -2.08. The molecule has 2 N–H and O–H groups in total. The second-order valence-corrected chi connectivity index (χ2v) is 5.63. The Kier molecular flexibility index (Phi) is 3.95. The van der Waals surface area contributed by atoms with Crippen LogP contribution < -0.4 is 5.73 Å². The number of aryl methyl sites for hydroxylation is 1. The van der Waals surface area contributed by atoms with Crippen LogP contribution in [-0.4, -0.2) is 4.21 Å². The Morgan fingerprint density at radius 1 is 1.16 bits per heavy atom. The first kappa shape index (κ1) is 13.7. The molecule has 0 amide bonds. The van der Waals surface area contributed by atoms with Crippen LogP contribution in [0, 0.1) is 18.6 Å². The summed E-state index contributed by atoms with van der Waals surface area (Å²) < 4.78 is 39.2. The zero-order chi connectivity index (χ0) is 14.0. The number of benzene rings is 2. The topological polar surface area (TPSA) is 43.1 Å². The highest BCUT2D eigenvalue weighted by Crippen LogP contribution is 2.21. The maximum absolute atomic E-state index is 13.5. The molecule has 0 fully saturated rings. The molecule has 2 nitrogen and oxygen atoms in total. The van der Waals surface area contributed by atoms with E-state index in [4.69, 9.17) is 5.73 Å². The van der Waals surface area contributed by atoms with Gasteiger partial charge < -0.3 is 5.73 Å². The highest BCUT2D eigenvalue weighted by atomic mass is 32.2. The van der Waals surface area contributed by atoms with Gasteiger partial charge in [0.05, 0.1) is 16.6 Å². The molecular formula is C14H13F2NOS. The molecule has 0 aliphatic rings. The lowest BCUT2D eigenvalue weighted by atomic mass is 10.2. The van der Waals surface area contributed by atoms with Crippen LogP contribution in [0.3, 0.4) is 0 Å². The van der Waals surface area contributed by atoms with Gasteiger partial charge in [-0.25, -0.2) is 8.78 Å². The number of nitrogen functional groups attached to an aromatic ring is 1. The molecule has 0 aliphatic heterocycles. The average molecular weight is 281 g/mol. The molecule has 0 spiro atoms. The van der Waals surface area contributed by atoms with Crippen molar-refractivity contribution in [3.63, 3.8) is 0 Å². The van der Waals surface area contributed by atoms with E-state index in [-0.39, 0.29) is 11.3 Å². The van der Waals surface area contributed by atoms with Crippen molar-refractivity contribution in [2.75, 3.05) is 5.73 Å². The van der Waals surface area contributed by atoms with E-state index in [1.54, 1.807) is 25.1 Å². The van der Waals surface area contributed by atoms with E-state index in [1.165, 1.54) is 6.07 Å². The average Bonchev–Trinajstić information content (AvgIpc) is 2.33. The molecule has 19 heavy (non-hydrogen) atoms. The lowest BCUT2D eigenvalue weighted by Crippen LogP contribution is -2.03. The van der Waals surface area contributed by atoms with Gasteiger partial charge in [0.15, 0.2) is 0 Å². The van der Waals surface area contributed by atoms with Gasteiger partial charge >= 0.3 is 0 Å². The highest BCUT2D eigenvalue weighted by Gasteiger charge is 2.14. The first-order valence-corrected chi connectivity index (χ1v) is 6.98. The first-order valence-electron chi connectivity index (χ1n) is 5.66. The van der Waals surface area contributed by atoms with Crippen LogP contribution in [0.1, 0.15) is 11.1 Å². The van der Waals surface area contributed by atoms with Gasteiger partial charge in [0.25, 0.3) is 0 Å². The molecule has 2 rings (SSSR count). The molecule has 0 heterocycles. The van der Waals surface area contributed by atoms with Crippen LogP contribution >= 0.6 is 0 Å². The monoisotopic (exact) mass is 281 g/mol. The Bertz CT molecular complexity index is 623. The van der Waals surface area contributed by atoms with E-state index in [9.17, 15) is 13.0 Å². The van der Waals surface area contributed by atoms with Crippen molar-refractivity contribution in [1.29, 1.82) is 0 Å². The van der Waals surface area contributed by atoms with Crippen LogP contribution in [0.4, 0.5) is 14.5 Å². The van der Waals surface area contributed by atoms with Crippen molar-refractivity contribution in [2.24, 2.45) is 0 Å². The van der Waals surface area contributed by atoms with Crippen LogP contribution in [0.2, 0.25) is 0 Å². The molecule has 100 valence electrons. The predicted octanol–water partition coefficient (Wildman–Crippen LogP) is 3.16. The van der Waals surface area contributed by atoms with Gasteiger partial charge in [-0.3, -0.25) is 4.21 Å². The van der Waals surface area contributed by atoms with Crippen molar-refractivity contribution in [1.82, 2.24) is 0 Å².